The van der Waals surface area contributed by atoms with Crippen molar-refractivity contribution >= 4 is 51.5 Å². The molecule has 32 heavy (non-hydrogen) atoms. The van der Waals surface area contributed by atoms with Crippen molar-refractivity contribution in [3.63, 3.8) is 0 Å². The Bertz CT molecular complexity index is 1340. The fourth-order valence-corrected chi connectivity index (χ4v) is 5.06. The summed E-state index contributed by atoms with van der Waals surface area (Å²) >= 11 is 12.9. The Morgan fingerprint density at radius 1 is 1.31 bits per heavy atom. The number of allylic oxidation sites excluding steroid dienone is 1. The lowest BCUT2D eigenvalue weighted by Crippen LogP contribution is -2.23. The molecule has 1 fully saturated rings. The Kier molecular flexibility index (Phi) is 6.04. The lowest BCUT2D eigenvalue weighted by atomic mass is 10.1. The number of carbonyl (C=O) groups excluding carboxylic acids is 1. The molecule has 0 aliphatic heterocycles. The lowest BCUT2D eigenvalue weighted by molar-refractivity contribution is -0.132. The van der Waals surface area contributed by atoms with E-state index < -0.39 is 5.97 Å². The Balaban J connectivity index is 1.68. The molecule has 0 N–H and O–H groups in total. The third-order valence-electron chi connectivity index (χ3n) is 5.51. The van der Waals surface area contributed by atoms with Crippen molar-refractivity contribution in [3.05, 3.63) is 55.0 Å². The predicted octanol–water partition coefficient (Wildman–Crippen LogP) is 4.08. The molecule has 0 radical (unpaired) electrons. The van der Waals surface area contributed by atoms with Crippen molar-refractivity contribution in [2.45, 2.75) is 33.6 Å². The first kappa shape index (κ1) is 22.8. The SMILES string of the molecule is CCOc1cc(/C=c2/sc3nc([C@H]4[C@H](C=C(Cl)Cl)C4(C)C)nn3c2=O)ccc1OC(C)=O. The van der Waals surface area contributed by atoms with Crippen LogP contribution in [0.5, 0.6) is 11.5 Å². The second-order valence-electron chi connectivity index (χ2n) is 8.09. The average molecular weight is 494 g/mol. The van der Waals surface area contributed by atoms with E-state index in [0.717, 1.165) is 5.56 Å². The maximum Gasteiger partial charge on any atom is 0.308 e. The normalized spacial score (nSPS) is 19.8. The molecule has 0 unspecified atom stereocenters. The predicted molar refractivity (Wildman–Crippen MR) is 125 cm³/mol. The number of ether oxygens (including phenoxy) is 2. The van der Waals surface area contributed by atoms with Gasteiger partial charge in [-0.3, -0.25) is 9.59 Å². The molecule has 10 heteroatoms. The zero-order valence-electron chi connectivity index (χ0n) is 17.9. The van der Waals surface area contributed by atoms with E-state index in [1.165, 1.54) is 22.8 Å². The highest BCUT2D eigenvalue weighted by Gasteiger charge is 2.59. The Morgan fingerprint density at radius 2 is 2.06 bits per heavy atom. The summed E-state index contributed by atoms with van der Waals surface area (Å²) in [6, 6.07) is 5.12. The second-order valence-corrected chi connectivity index (χ2v) is 10.1. The van der Waals surface area contributed by atoms with Crippen LogP contribution in [-0.2, 0) is 4.79 Å². The van der Waals surface area contributed by atoms with Crippen LogP contribution in [0.4, 0.5) is 0 Å². The van der Waals surface area contributed by atoms with E-state index in [0.29, 0.717) is 33.4 Å². The molecule has 2 heterocycles. The summed E-state index contributed by atoms with van der Waals surface area (Å²) in [4.78, 5) is 29.3. The standard InChI is InChI=1S/C22H21Cl2N3O4S/c1-5-30-15-8-12(6-7-14(15)31-11(2)28)9-16-20(29)27-21(32-16)25-19(26-27)18-13(10-17(23)24)22(18,3)4/h6-10,13,18H,5H2,1-4H3/b16-9+/t13-,18+/m0/s1. The third-order valence-corrected chi connectivity index (χ3v) is 6.72. The summed E-state index contributed by atoms with van der Waals surface area (Å²) < 4.78 is 12.8. The summed E-state index contributed by atoms with van der Waals surface area (Å²) in [5, 5.41) is 4.47. The molecular weight excluding hydrogens is 473 g/mol. The van der Waals surface area contributed by atoms with E-state index in [-0.39, 0.29) is 27.3 Å². The summed E-state index contributed by atoms with van der Waals surface area (Å²) in [5.41, 5.74) is 0.409. The quantitative estimate of drug-likeness (QED) is 0.380. The van der Waals surface area contributed by atoms with Gasteiger partial charge in [-0.25, -0.2) is 4.98 Å². The van der Waals surface area contributed by atoms with Gasteiger partial charge in [0.1, 0.15) is 4.49 Å². The molecule has 2 atom stereocenters. The minimum Gasteiger partial charge on any atom is -0.490 e. The molecule has 0 saturated heterocycles. The van der Waals surface area contributed by atoms with Gasteiger partial charge in [-0.15, -0.1) is 5.10 Å². The Hall–Kier alpha value is -2.42. The highest BCUT2D eigenvalue weighted by atomic mass is 35.5. The first-order valence-electron chi connectivity index (χ1n) is 10.0. The Labute approximate surface area is 198 Å². The summed E-state index contributed by atoms with van der Waals surface area (Å²) in [7, 11) is 0. The van der Waals surface area contributed by atoms with Crippen LogP contribution >= 0.6 is 34.5 Å². The fraction of sp³-hybridized carbons (Fsp3) is 0.364. The molecule has 0 spiro atoms. The number of aromatic nitrogens is 3. The number of benzene rings is 1. The summed E-state index contributed by atoms with van der Waals surface area (Å²) in [5.74, 6) is 1.12. The van der Waals surface area contributed by atoms with E-state index in [2.05, 4.69) is 23.9 Å². The number of hydrogen-bond acceptors (Lipinski definition) is 7. The van der Waals surface area contributed by atoms with E-state index in [4.69, 9.17) is 32.7 Å². The van der Waals surface area contributed by atoms with E-state index >= 15 is 0 Å². The minimum absolute atomic E-state index is 0.0523. The van der Waals surface area contributed by atoms with Gasteiger partial charge in [-0.2, -0.15) is 4.52 Å². The van der Waals surface area contributed by atoms with Crippen LogP contribution in [-0.4, -0.2) is 27.2 Å². The monoisotopic (exact) mass is 493 g/mol. The lowest BCUT2D eigenvalue weighted by Gasteiger charge is -2.10. The van der Waals surface area contributed by atoms with E-state index in [1.807, 2.05) is 6.92 Å². The second kappa shape index (κ2) is 8.50. The molecule has 168 valence electrons. The van der Waals surface area contributed by atoms with Crippen molar-refractivity contribution < 1.29 is 14.3 Å². The molecule has 1 aromatic carbocycles. The highest BCUT2D eigenvalue weighted by molar-refractivity contribution is 7.15. The van der Waals surface area contributed by atoms with Crippen molar-refractivity contribution in [3.8, 4) is 11.5 Å². The number of nitrogens with zero attached hydrogens (tertiary/aromatic N) is 3. The summed E-state index contributed by atoms with van der Waals surface area (Å²) in [6.07, 6.45) is 3.54. The van der Waals surface area contributed by atoms with Gasteiger partial charge in [-0.1, -0.05) is 54.5 Å². The van der Waals surface area contributed by atoms with E-state index in [1.54, 1.807) is 30.4 Å². The highest BCUT2D eigenvalue weighted by Crippen LogP contribution is 2.64. The molecule has 1 saturated carbocycles. The van der Waals surface area contributed by atoms with Crippen LogP contribution < -0.4 is 19.6 Å². The van der Waals surface area contributed by atoms with Gasteiger partial charge in [0.2, 0.25) is 4.96 Å². The summed E-state index contributed by atoms with van der Waals surface area (Å²) in [6.45, 7) is 7.76. The van der Waals surface area contributed by atoms with Crippen LogP contribution in [0.2, 0.25) is 0 Å². The Morgan fingerprint density at radius 3 is 2.69 bits per heavy atom. The molecule has 1 aliphatic rings. The van der Waals surface area contributed by atoms with E-state index in [9.17, 15) is 9.59 Å². The number of esters is 1. The van der Waals surface area contributed by atoms with Crippen LogP contribution in [0.1, 0.15) is 45.0 Å². The van der Waals surface area contributed by atoms with Crippen molar-refractivity contribution in [1.29, 1.82) is 0 Å². The third kappa shape index (κ3) is 4.27. The van der Waals surface area contributed by atoms with Gasteiger partial charge in [0.25, 0.3) is 5.56 Å². The zero-order chi connectivity index (χ0) is 23.2. The maximum atomic E-state index is 12.9. The molecule has 0 bridgehead atoms. The van der Waals surface area contributed by atoms with Crippen LogP contribution in [0, 0.1) is 11.3 Å². The van der Waals surface area contributed by atoms with Crippen LogP contribution in [0.25, 0.3) is 11.0 Å². The van der Waals surface area contributed by atoms with Gasteiger partial charge in [-0.05, 0) is 48.1 Å². The van der Waals surface area contributed by atoms with Gasteiger partial charge in [0, 0.05) is 12.8 Å². The van der Waals surface area contributed by atoms with Crippen LogP contribution in [0.3, 0.4) is 0 Å². The topological polar surface area (TPSA) is 82.8 Å². The molecule has 2 aromatic heterocycles. The van der Waals surface area contributed by atoms with Gasteiger partial charge < -0.3 is 9.47 Å². The number of fused-ring (bicyclic) bond motifs is 1. The fourth-order valence-electron chi connectivity index (χ4n) is 3.87. The molecular formula is C22H21Cl2N3O4S. The van der Waals surface area contributed by atoms with Gasteiger partial charge in [0.05, 0.1) is 11.1 Å². The molecule has 0 amide bonds. The van der Waals surface area contributed by atoms with Crippen molar-refractivity contribution in [2.24, 2.45) is 11.3 Å². The number of halogens is 2. The first-order valence-corrected chi connectivity index (χ1v) is 11.6. The zero-order valence-corrected chi connectivity index (χ0v) is 20.2. The molecule has 1 aliphatic carbocycles. The van der Waals surface area contributed by atoms with Crippen molar-refractivity contribution in [1.82, 2.24) is 14.6 Å². The maximum absolute atomic E-state index is 12.9. The molecule has 4 rings (SSSR count). The first-order chi connectivity index (χ1) is 15.1. The van der Waals surface area contributed by atoms with Crippen LogP contribution in [0.15, 0.2) is 33.6 Å². The molecule has 7 nitrogen and oxygen atoms in total. The molecule has 3 aromatic rings. The number of carbonyl (C=O) groups is 1. The number of hydrogen-bond donors (Lipinski definition) is 0. The van der Waals surface area contributed by atoms with Gasteiger partial charge in [0.15, 0.2) is 17.3 Å². The number of thiazole rings is 1. The minimum atomic E-state index is -0.434. The average Bonchev–Trinajstić information content (AvgIpc) is 2.98. The smallest absolute Gasteiger partial charge is 0.308 e. The largest absolute Gasteiger partial charge is 0.490 e. The van der Waals surface area contributed by atoms with Gasteiger partial charge >= 0.3 is 5.97 Å². The number of rotatable bonds is 6. The van der Waals surface area contributed by atoms with Crippen molar-refractivity contribution in [2.75, 3.05) is 6.61 Å².